The van der Waals surface area contributed by atoms with Crippen LogP contribution in [0.5, 0.6) is 0 Å². The molecular weight excluding hydrogens is 300 g/mol. The lowest BCUT2D eigenvalue weighted by atomic mass is 9.46. The van der Waals surface area contributed by atoms with E-state index < -0.39 is 0 Å². The standard InChI is InChI=1S/C21H30O3/c1-12(22)17-11-18(24)19-15-5-4-13-10-14(23)6-8-20(13,2)16(15)7-9-21(17,19)3/h10,15-19,24H,4-9,11H2,1-3H3/t15-,16+,17-,18?,19-,20+,21-/m1/s1. The molecule has 0 aromatic rings. The average Bonchev–Trinajstić information content (AvgIpc) is 2.80. The number of allylic oxidation sites excluding steroid dienone is 1. The molecule has 0 aromatic heterocycles. The second-order valence-corrected chi connectivity index (χ2v) is 9.40. The number of carbonyl (C=O) groups excluding carboxylic acids is 2. The fourth-order valence-corrected chi connectivity index (χ4v) is 7.26. The summed E-state index contributed by atoms with van der Waals surface area (Å²) in [6.45, 7) is 6.32. The molecule has 0 heterocycles. The van der Waals surface area contributed by atoms with Crippen LogP contribution in [0.1, 0.15) is 65.7 Å². The third-order valence-electron chi connectivity index (χ3n) is 8.44. The molecule has 0 amide bonds. The Morgan fingerprint density at radius 2 is 1.96 bits per heavy atom. The van der Waals surface area contributed by atoms with Gasteiger partial charge in [-0.25, -0.2) is 0 Å². The van der Waals surface area contributed by atoms with E-state index in [0.717, 1.165) is 32.1 Å². The van der Waals surface area contributed by atoms with Gasteiger partial charge in [-0.1, -0.05) is 19.4 Å². The number of aliphatic hydroxyl groups is 1. The first-order valence-electron chi connectivity index (χ1n) is 9.70. The van der Waals surface area contributed by atoms with Gasteiger partial charge in [-0.3, -0.25) is 9.59 Å². The molecule has 1 unspecified atom stereocenters. The van der Waals surface area contributed by atoms with E-state index in [4.69, 9.17) is 0 Å². The highest BCUT2D eigenvalue weighted by Crippen LogP contribution is 2.66. The van der Waals surface area contributed by atoms with Crippen molar-refractivity contribution in [2.24, 2.45) is 34.5 Å². The summed E-state index contributed by atoms with van der Waals surface area (Å²) in [7, 11) is 0. The van der Waals surface area contributed by atoms with Gasteiger partial charge in [0, 0.05) is 12.3 Å². The zero-order valence-corrected chi connectivity index (χ0v) is 15.2. The highest BCUT2D eigenvalue weighted by Gasteiger charge is 2.62. The monoisotopic (exact) mass is 330 g/mol. The van der Waals surface area contributed by atoms with Crippen LogP contribution in [0.2, 0.25) is 0 Å². The number of hydrogen-bond acceptors (Lipinski definition) is 3. The lowest BCUT2D eigenvalue weighted by Gasteiger charge is -2.58. The zero-order valence-electron chi connectivity index (χ0n) is 15.2. The summed E-state index contributed by atoms with van der Waals surface area (Å²) >= 11 is 0. The normalized spacial score (nSPS) is 50.6. The Labute approximate surface area is 144 Å². The quantitative estimate of drug-likeness (QED) is 0.797. The van der Waals surface area contributed by atoms with Crippen LogP contribution < -0.4 is 0 Å². The molecule has 0 saturated heterocycles. The van der Waals surface area contributed by atoms with Crippen LogP contribution in [-0.4, -0.2) is 22.8 Å². The Hall–Kier alpha value is -0.960. The predicted octanol–water partition coefficient (Wildman–Crippen LogP) is 3.69. The highest BCUT2D eigenvalue weighted by atomic mass is 16.3. The topological polar surface area (TPSA) is 54.4 Å². The van der Waals surface area contributed by atoms with Crippen LogP contribution in [-0.2, 0) is 9.59 Å². The maximum Gasteiger partial charge on any atom is 0.155 e. The number of carbonyl (C=O) groups is 2. The Bertz CT molecular complexity index is 621. The van der Waals surface area contributed by atoms with Gasteiger partial charge >= 0.3 is 0 Å². The van der Waals surface area contributed by atoms with E-state index in [1.807, 2.05) is 6.08 Å². The third kappa shape index (κ3) is 2.06. The molecule has 7 atom stereocenters. The van der Waals surface area contributed by atoms with Crippen molar-refractivity contribution in [1.29, 1.82) is 0 Å². The first kappa shape index (κ1) is 16.5. The van der Waals surface area contributed by atoms with Crippen LogP contribution in [0.4, 0.5) is 0 Å². The smallest absolute Gasteiger partial charge is 0.155 e. The van der Waals surface area contributed by atoms with Crippen molar-refractivity contribution in [2.45, 2.75) is 71.8 Å². The van der Waals surface area contributed by atoms with Gasteiger partial charge in [-0.2, -0.15) is 0 Å². The van der Waals surface area contributed by atoms with Crippen molar-refractivity contribution >= 4 is 11.6 Å². The lowest BCUT2D eigenvalue weighted by molar-refractivity contribution is -0.129. The average molecular weight is 330 g/mol. The number of Topliss-reactive ketones (excluding diaryl/α,β-unsaturated/α-hetero) is 1. The Morgan fingerprint density at radius 3 is 2.67 bits per heavy atom. The van der Waals surface area contributed by atoms with Crippen LogP contribution >= 0.6 is 0 Å². The van der Waals surface area contributed by atoms with Gasteiger partial charge in [0.15, 0.2) is 5.78 Å². The predicted molar refractivity (Wildman–Crippen MR) is 92.3 cm³/mol. The second-order valence-electron chi connectivity index (χ2n) is 9.40. The van der Waals surface area contributed by atoms with Gasteiger partial charge < -0.3 is 5.11 Å². The van der Waals surface area contributed by atoms with E-state index in [2.05, 4.69) is 13.8 Å². The van der Waals surface area contributed by atoms with E-state index in [1.54, 1.807) is 6.92 Å². The minimum atomic E-state index is -0.337. The SMILES string of the molecule is CC(=O)[C@H]1CC(O)[C@H]2[C@@H]3CCC4=CC(=O)CC[C@]4(C)[C@H]3CC[C@]12C. The summed E-state index contributed by atoms with van der Waals surface area (Å²) in [4.78, 5) is 24.1. The minimum absolute atomic E-state index is 0.0242. The van der Waals surface area contributed by atoms with Gasteiger partial charge in [0.2, 0.25) is 0 Å². The van der Waals surface area contributed by atoms with Gasteiger partial charge in [0.05, 0.1) is 6.10 Å². The summed E-state index contributed by atoms with van der Waals surface area (Å²) < 4.78 is 0. The molecular formula is C21H30O3. The molecule has 0 aliphatic heterocycles. The molecule has 4 aliphatic carbocycles. The molecule has 4 rings (SSSR count). The lowest BCUT2D eigenvalue weighted by Crippen LogP contribution is -2.52. The van der Waals surface area contributed by atoms with Crippen molar-refractivity contribution in [3.63, 3.8) is 0 Å². The Kier molecular flexibility index (Phi) is 3.62. The molecule has 0 radical (unpaired) electrons. The number of ketones is 2. The first-order valence-corrected chi connectivity index (χ1v) is 9.70. The van der Waals surface area contributed by atoms with Gasteiger partial charge in [0.25, 0.3) is 0 Å². The molecule has 0 bridgehead atoms. The largest absolute Gasteiger partial charge is 0.393 e. The molecule has 3 fully saturated rings. The van der Waals surface area contributed by atoms with Crippen LogP contribution in [0, 0.1) is 34.5 Å². The molecule has 132 valence electrons. The molecule has 3 saturated carbocycles. The van der Waals surface area contributed by atoms with E-state index in [0.29, 0.717) is 30.5 Å². The fourth-order valence-electron chi connectivity index (χ4n) is 7.26. The molecule has 3 heteroatoms. The van der Waals surface area contributed by atoms with E-state index in [-0.39, 0.29) is 34.6 Å². The Morgan fingerprint density at radius 1 is 1.21 bits per heavy atom. The van der Waals surface area contributed by atoms with Gasteiger partial charge in [-0.05, 0) is 80.1 Å². The minimum Gasteiger partial charge on any atom is -0.393 e. The molecule has 4 aliphatic rings. The number of hydrogen-bond donors (Lipinski definition) is 1. The summed E-state index contributed by atoms with van der Waals surface area (Å²) in [6, 6.07) is 0. The third-order valence-corrected chi connectivity index (χ3v) is 8.44. The van der Waals surface area contributed by atoms with Crippen molar-refractivity contribution in [2.75, 3.05) is 0 Å². The van der Waals surface area contributed by atoms with Crippen molar-refractivity contribution in [3.8, 4) is 0 Å². The van der Waals surface area contributed by atoms with E-state index in [9.17, 15) is 14.7 Å². The van der Waals surface area contributed by atoms with Crippen LogP contribution in [0.25, 0.3) is 0 Å². The number of fused-ring (bicyclic) bond motifs is 5. The zero-order chi connectivity index (χ0) is 17.3. The van der Waals surface area contributed by atoms with Crippen molar-refractivity contribution in [3.05, 3.63) is 11.6 Å². The molecule has 3 nitrogen and oxygen atoms in total. The summed E-state index contributed by atoms with van der Waals surface area (Å²) in [5, 5.41) is 10.8. The molecule has 0 spiro atoms. The maximum atomic E-state index is 12.2. The maximum absolute atomic E-state index is 12.2. The first-order chi connectivity index (χ1) is 11.3. The summed E-state index contributed by atoms with van der Waals surface area (Å²) in [5.41, 5.74) is 1.46. The van der Waals surface area contributed by atoms with Crippen LogP contribution in [0.3, 0.4) is 0 Å². The Balaban J connectivity index is 1.70. The van der Waals surface area contributed by atoms with Crippen molar-refractivity contribution < 1.29 is 14.7 Å². The van der Waals surface area contributed by atoms with Gasteiger partial charge in [0.1, 0.15) is 5.78 Å². The number of rotatable bonds is 1. The highest BCUT2D eigenvalue weighted by molar-refractivity contribution is 5.91. The molecule has 0 aromatic carbocycles. The van der Waals surface area contributed by atoms with E-state index in [1.165, 1.54) is 5.57 Å². The number of aliphatic hydroxyl groups excluding tert-OH is 1. The summed E-state index contributed by atoms with van der Waals surface area (Å²) in [6.07, 6.45) is 8.12. The molecule has 24 heavy (non-hydrogen) atoms. The van der Waals surface area contributed by atoms with E-state index >= 15 is 0 Å². The van der Waals surface area contributed by atoms with Crippen LogP contribution in [0.15, 0.2) is 11.6 Å². The summed E-state index contributed by atoms with van der Waals surface area (Å²) in [5.74, 6) is 1.88. The van der Waals surface area contributed by atoms with Gasteiger partial charge in [-0.15, -0.1) is 0 Å². The van der Waals surface area contributed by atoms with Crippen molar-refractivity contribution in [1.82, 2.24) is 0 Å². The fraction of sp³-hybridized carbons (Fsp3) is 0.810. The molecule has 1 N–H and O–H groups in total. The second kappa shape index (κ2) is 5.27.